The van der Waals surface area contributed by atoms with Crippen LogP contribution in [0.3, 0.4) is 0 Å². The molecule has 4 heteroatoms. The molecule has 1 aliphatic heterocycles. The number of rotatable bonds is 5. The van der Waals surface area contributed by atoms with Crippen molar-refractivity contribution in [3.8, 4) is 5.88 Å². The van der Waals surface area contributed by atoms with Gasteiger partial charge in [0.1, 0.15) is 0 Å². The summed E-state index contributed by atoms with van der Waals surface area (Å²) in [5.74, 6) is 0.695. The van der Waals surface area contributed by atoms with Crippen molar-refractivity contribution in [1.82, 2.24) is 10.3 Å². The molecule has 4 nitrogen and oxygen atoms in total. The van der Waals surface area contributed by atoms with Gasteiger partial charge in [-0.1, -0.05) is 18.2 Å². The highest BCUT2D eigenvalue weighted by molar-refractivity contribution is 5.58. The van der Waals surface area contributed by atoms with E-state index in [9.17, 15) is 0 Å². The van der Waals surface area contributed by atoms with E-state index in [0.717, 1.165) is 31.6 Å². The van der Waals surface area contributed by atoms with E-state index in [4.69, 9.17) is 4.74 Å². The molecule has 3 rings (SSSR count). The molecule has 0 radical (unpaired) electrons. The minimum absolute atomic E-state index is 0.695. The van der Waals surface area contributed by atoms with E-state index in [1.165, 1.54) is 16.8 Å². The Morgan fingerprint density at radius 3 is 3.05 bits per heavy atom. The Morgan fingerprint density at radius 1 is 1.29 bits per heavy atom. The van der Waals surface area contributed by atoms with Crippen molar-refractivity contribution in [3.63, 3.8) is 0 Å². The molecule has 21 heavy (non-hydrogen) atoms. The van der Waals surface area contributed by atoms with E-state index in [1.54, 1.807) is 13.3 Å². The van der Waals surface area contributed by atoms with Crippen LogP contribution in [0.4, 0.5) is 5.69 Å². The van der Waals surface area contributed by atoms with Crippen LogP contribution in [0.15, 0.2) is 36.5 Å². The standard InChI is InChI=1S/C17H21N3O/c1-20-9-7-14-10-13(5-6-16(14)20)11-18-12-15-4-3-8-19-17(15)21-2/h3-6,8,10,18H,7,9,11-12H2,1-2H3. The van der Waals surface area contributed by atoms with E-state index in [2.05, 4.69) is 40.4 Å². The molecular weight excluding hydrogens is 262 g/mol. The van der Waals surface area contributed by atoms with E-state index in [-0.39, 0.29) is 0 Å². The number of aromatic nitrogens is 1. The van der Waals surface area contributed by atoms with Crippen molar-refractivity contribution < 1.29 is 4.74 Å². The minimum Gasteiger partial charge on any atom is -0.481 e. The number of pyridine rings is 1. The molecule has 0 aliphatic carbocycles. The van der Waals surface area contributed by atoms with E-state index in [1.807, 2.05) is 12.1 Å². The Morgan fingerprint density at radius 2 is 2.19 bits per heavy atom. The van der Waals surface area contributed by atoms with Crippen LogP contribution in [0.25, 0.3) is 0 Å². The second-order valence-electron chi connectivity index (χ2n) is 5.41. The van der Waals surface area contributed by atoms with Crippen LogP contribution in [0.5, 0.6) is 5.88 Å². The van der Waals surface area contributed by atoms with Crippen LogP contribution in [0.1, 0.15) is 16.7 Å². The van der Waals surface area contributed by atoms with E-state index in [0.29, 0.717) is 5.88 Å². The van der Waals surface area contributed by atoms with Crippen molar-refractivity contribution >= 4 is 5.69 Å². The summed E-state index contributed by atoms with van der Waals surface area (Å²) in [5, 5.41) is 3.46. The maximum absolute atomic E-state index is 5.26. The second-order valence-corrected chi connectivity index (χ2v) is 5.41. The number of nitrogens with one attached hydrogen (secondary N) is 1. The van der Waals surface area contributed by atoms with Crippen molar-refractivity contribution in [3.05, 3.63) is 53.2 Å². The predicted octanol–water partition coefficient (Wildman–Crippen LogP) is 2.37. The molecule has 1 aromatic carbocycles. The highest BCUT2D eigenvalue weighted by Crippen LogP contribution is 2.27. The fraction of sp³-hybridized carbons (Fsp3) is 0.353. The van der Waals surface area contributed by atoms with Gasteiger partial charge < -0.3 is 15.0 Å². The summed E-state index contributed by atoms with van der Waals surface area (Å²) < 4.78 is 5.26. The smallest absolute Gasteiger partial charge is 0.217 e. The largest absolute Gasteiger partial charge is 0.481 e. The zero-order valence-electron chi connectivity index (χ0n) is 12.6. The number of ether oxygens (including phenoxy) is 1. The molecule has 0 spiro atoms. The molecule has 0 amide bonds. The number of likely N-dealkylation sites (N-methyl/N-ethyl adjacent to an activating group) is 1. The number of benzene rings is 1. The van der Waals surface area contributed by atoms with Gasteiger partial charge in [0.05, 0.1) is 7.11 Å². The highest BCUT2D eigenvalue weighted by atomic mass is 16.5. The van der Waals surface area contributed by atoms with Crippen molar-refractivity contribution in [2.45, 2.75) is 19.5 Å². The summed E-state index contributed by atoms with van der Waals surface area (Å²) in [4.78, 5) is 6.52. The Kier molecular flexibility index (Phi) is 4.06. The zero-order chi connectivity index (χ0) is 14.7. The Bertz CT molecular complexity index is 627. The average molecular weight is 283 g/mol. The van der Waals surface area contributed by atoms with Crippen LogP contribution in [-0.4, -0.2) is 25.7 Å². The van der Waals surface area contributed by atoms with E-state index >= 15 is 0 Å². The third-order valence-electron chi connectivity index (χ3n) is 3.96. The quantitative estimate of drug-likeness (QED) is 0.914. The number of hydrogen-bond acceptors (Lipinski definition) is 4. The molecular formula is C17H21N3O. The van der Waals surface area contributed by atoms with Crippen LogP contribution in [0.2, 0.25) is 0 Å². The van der Waals surface area contributed by atoms with Gasteiger partial charge in [0.25, 0.3) is 0 Å². The van der Waals surface area contributed by atoms with Gasteiger partial charge in [0.2, 0.25) is 5.88 Å². The van der Waals surface area contributed by atoms with Crippen LogP contribution in [-0.2, 0) is 19.5 Å². The summed E-state index contributed by atoms with van der Waals surface area (Å²) in [6, 6.07) is 10.7. The molecule has 110 valence electrons. The molecule has 0 fully saturated rings. The molecule has 2 aromatic rings. The Labute approximate surface area is 125 Å². The fourth-order valence-corrected chi connectivity index (χ4v) is 2.81. The van der Waals surface area contributed by atoms with Gasteiger partial charge in [-0.15, -0.1) is 0 Å². The SMILES string of the molecule is COc1ncccc1CNCc1ccc2c(c1)CCN2C. The van der Waals surface area contributed by atoms with Gasteiger partial charge in [-0.25, -0.2) is 4.98 Å². The number of anilines is 1. The zero-order valence-corrected chi connectivity index (χ0v) is 12.6. The topological polar surface area (TPSA) is 37.4 Å². The Balaban J connectivity index is 1.61. The van der Waals surface area contributed by atoms with Crippen LogP contribution < -0.4 is 15.0 Å². The average Bonchev–Trinajstić information content (AvgIpc) is 2.89. The maximum Gasteiger partial charge on any atom is 0.217 e. The third kappa shape index (κ3) is 3.00. The first kappa shape index (κ1) is 13.9. The van der Waals surface area contributed by atoms with E-state index < -0.39 is 0 Å². The van der Waals surface area contributed by atoms with Gasteiger partial charge in [-0.2, -0.15) is 0 Å². The Hall–Kier alpha value is -2.07. The first-order chi connectivity index (χ1) is 10.3. The van der Waals surface area contributed by atoms with Gasteiger partial charge >= 0.3 is 0 Å². The summed E-state index contributed by atoms with van der Waals surface area (Å²) in [6.07, 6.45) is 2.90. The number of methoxy groups -OCH3 is 1. The monoisotopic (exact) mass is 283 g/mol. The lowest BCUT2D eigenvalue weighted by Crippen LogP contribution is -2.14. The van der Waals surface area contributed by atoms with Crippen LogP contribution in [0, 0.1) is 0 Å². The normalized spacial score (nSPS) is 13.3. The molecule has 2 heterocycles. The van der Waals surface area contributed by atoms with Gasteiger partial charge in [-0.05, 0) is 29.7 Å². The second kappa shape index (κ2) is 6.14. The lowest BCUT2D eigenvalue weighted by molar-refractivity contribution is 0.390. The molecule has 1 aromatic heterocycles. The van der Waals surface area contributed by atoms with Crippen LogP contribution >= 0.6 is 0 Å². The predicted molar refractivity (Wildman–Crippen MR) is 84.7 cm³/mol. The molecule has 1 N–H and O–H groups in total. The third-order valence-corrected chi connectivity index (χ3v) is 3.96. The number of fused-ring (bicyclic) bond motifs is 1. The summed E-state index contributed by atoms with van der Waals surface area (Å²) in [6.45, 7) is 2.74. The van der Waals surface area contributed by atoms with Crippen molar-refractivity contribution in [1.29, 1.82) is 0 Å². The van der Waals surface area contributed by atoms with Gasteiger partial charge in [0, 0.05) is 44.1 Å². The first-order valence-electron chi connectivity index (χ1n) is 7.29. The first-order valence-corrected chi connectivity index (χ1v) is 7.29. The molecule has 1 aliphatic rings. The number of nitrogens with zero attached hydrogens (tertiary/aromatic N) is 2. The maximum atomic E-state index is 5.26. The molecule has 0 bridgehead atoms. The lowest BCUT2D eigenvalue weighted by Gasteiger charge is -2.12. The van der Waals surface area contributed by atoms with Gasteiger partial charge in [0.15, 0.2) is 0 Å². The molecule has 0 saturated carbocycles. The highest BCUT2D eigenvalue weighted by Gasteiger charge is 2.15. The number of hydrogen-bond donors (Lipinski definition) is 1. The summed E-state index contributed by atoms with van der Waals surface area (Å²) >= 11 is 0. The van der Waals surface area contributed by atoms with Gasteiger partial charge in [-0.3, -0.25) is 0 Å². The summed E-state index contributed by atoms with van der Waals surface area (Å²) in [5.41, 5.74) is 5.23. The fourth-order valence-electron chi connectivity index (χ4n) is 2.81. The summed E-state index contributed by atoms with van der Waals surface area (Å²) in [7, 11) is 3.81. The molecule has 0 unspecified atom stereocenters. The minimum atomic E-state index is 0.695. The van der Waals surface area contributed by atoms with Crippen molar-refractivity contribution in [2.75, 3.05) is 25.6 Å². The van der Waals surface area contributed by atoms with Crippen molar-refractivity contribution in [2.24, 2.45) is 0 Å². The molecule has 0 atom stereocenters. The molecule has 0 saturated heterocycles. The lowest BCUT2D eigenvalue weighted by atomic mass is 10.1.